The van der Waals surface area contributed by atoms with E-state index in [4.69, 9.17) is 0 Å². The van der Waals surface area contributed by atoms with Crippen LogP contribution < -0.4 is 5.32 Å². The molecule has 0 aromatic carbocycles. The topological polar surface area (TPSA) is 12.0 Å². The largest absolute Gasteiger partial charge is 0.460 e. The van der Waals surface area contributed by atoms with Crippen molar-refractivity contribution in [2.45, 2.75) is 42.2 Å². The summed E-state index contributed by atoms with van der Waals surface area (Å²) < 4.78 is 163. The van der Waals surface area contributed by atoms with Gasteiger partial charge in [0, 0.05) is 13.0 Å². The molecule has 0 saturated heterocycles. The summed E-state index contributed by atoms with van der Waals surface area (Å²) in [7, 11) is 0.874. The van der Waals surface area contributed by atoms with Gasteiger partial charge < -0.3 is 5.32 Å². The second kappa shape index (κ2) is 5.84. The summed E-state index contributed by atoms with van der Waals surface area (Å²) in [5, 5.41) is 1.77. The summed E-state index contributed by atoms with van der Waals surface area (Å²) in [6.07, 6.45) is -9.60. The van der Waals surface area contributed by atoms with Gasteiger partial charge >= 0.3 is 35.8 Å². The summed E-state index contributed by atoms with van der Waals surface area (Å²) in [6, 6.07) is 0. The van der Waals surface area contributed by atoms with Crippen LogP contribution in [-0.2, 0) is 0 Å². The van der Waals surface area contributed by atoms with Crippen LogP contribution in [0.1, 0.15) is 6.42 Å². The van der Waals surface area contributed by atoms with Crippen LogP contribution in [0.5, 0.6) is 0 Å². The molecule has 0 aromatic rings. The predicted molar refractivity (Wildman–Crippen MR) is 49.3 cm³/mol. The van der Waals surface area contributed by atoms with E-state index in [1.807, 2.05) is 0 Å². The number of hydrogen-bond acceptors (Lipinski definition) is 1. The lowest BCUT2D eigenvalue weighted by Gasteiger charge is -2.39. The highest BCUT2D eigenvalue weighted by Gasteiger charge is 2.90. The molecule has 0 bridgehead atoms. The summed E-state index contributed by atoms with van der Waals surface area (Å²) >= 11 is 0. The third-order valence-corrected chi connectivity index (χ3v) is 2.69. The van der Waals surface area contributed by atoms with Crippen LogP contribution in [0.25, 0.3) is 0 Å². The molecule has 0 radical (unpaired) electrons. The Hall–Kier alpha value is -0.950. The van der Waals surface area contributed by atoms with Crippen LogP contribution in [0.4, 0.5) is 57.1 Å². The Morgan fingerprint density at radius 2 is 0.913 bits per heavy atom. The van der Waals surface area contributed by atoms with Crippen LogP contribution in [0.15, 0.2) is 0 Å². The monoisotopic (exact) mass is 377 g/mol. The minimum Gasteiger partial charge on any atom is -0.320 e. The van der Waals surface area contributed by atoms with Crippen molar-refractivity contribution in [1.82, 2.24) is 5.32 Å². The molecule has 0 rings (SSSR count). The van der Waals surface area contributed by atoms with E-state index in [2.05, 4.69) is 0 Å². The number of halogens is 13. The first kappa shape index (κ1) is 22.1. The van der Waals surface area contributed by atoms with Crippen molar-refractivity contribution in [2.24, 2.45) is 0 Å². The fourth-order valence-electron chi connectivity index (χ4n) is 1.24. The SMILES string of the molecule is CNCCC(F)(F)C(F)(F)C(F)(F)C(F)(F)C(F)(F)C(F)(F)F. The smallest absolute Gasteiger partial charge is 0.320 e. The van der Waals surface area contributed by atoms with E-state index < -0.39 is 48.8 Å². The Labute approximate surface area is 119 Å². The van der Waals surface area contributed by atoms with E-state index in [1.54, 1.807) is 5.32 Å². The highest BCUT2D eigenvalue weighted by molar-refractivity contribution is 5.10. The zero-order valence-corrected chi connectivity index (χ0v) is 10.8. The summed E-state index contributed by atoms with van der Waals surface area (Å²) in [4.78, 5) is 0. The van der Waals surface area contributed by atoms with Crippen molar-refractivity contribution in [1.29, 1.82) is 0 Å². The molecule has 0 atom stereocenters. The molecule has 0 fully saturated rings. The van der Waals surface area contributed by atoms with E-state index in [0.717, 1.165) is 7.05 Å². The van der Waals surface area contributed by atoms with E-state index in [9.17, 15) is 57.1 Å². The molecular weight excluding hydrogens is 369 g/mol. The van der Waals surface area contributed by atoms with Crippen LogP contribution in [0.3, 0.4) is 0 Å². The van der Waals surface area contributed by atoms with Gasteiger partial charge in [0.25, 0.3) is 0 Å². The van der Waals surface area contributed by atoms with Crippen molar-refractivity contribution in [3.8, 4) is 0 Å². The van der Waals surface area contributed by atoms with E-state index in [0.29, 0.717) is 0 Å². The van der Waals surface area contributed by atoms with Gasteiger partial charge in [0.1, 0.15) is 0 Å². The third kappa shape index (κ3) is 3.18. The minimum atomic E-state index is -7.83. The molecule has 1 N–H and O–H groups in total. The Balaban J connectivity index is 6.03. The number of nitrogens with one attached hydrogen (secondary N) is 1. The Bertz CT molecular complexity index is 410. The molecule has 0 amide bonds. The van der Waals surface area contributed by atoms with Crippen molar-refractivity contribution >= 4 is 0 Å². The Morgan fingerprint density at radius 3 is 1.22 bits per heavy atom. The van der Waals surface area contributed by atoms with Gasteiger partial charge in [0.15, 0.2) is 0 Å². The first-order valence-corrected chi connectivity index (χ1v) is 5.41. The van der Waals surface area contributed by atoms with Crippen molar-refractivity contribution in [3.63, 3.8) is 0 Å². The molecule has 14 heteroatoms. The highest BCUT2D eigenvalue weighted by atomic mass is 19.4. The van der Waals surface area contributed by atoms with Crippen molar-refractivity contribution in [2.75, 3.05) is 13.6 Å². The lowest BCUT2D eigenvalue weighted by molar-refractivity contribution is -0.440. The van der Waals surface area contributed by atoms with Gasteiger partial charge in [-0.2, -0.15) is 57.1 Å². The number of rotatable bonds is 7. The number of alkyl halides is 13. The molecule has 1 nitrogen and oxygen atoms in total. The highest BCUT2D eigenvalue weighted by Crippen LogP contribution is 2.60. The molecular formula is C9H8F13N. The predicted octanol–water partition coefficient (Wildman–Crippen LogP) is 4.33. The van der Waals surface area contributed by atoms with Crippen molar-refractivity contribution in [3.05, 3.63) is 0 Å². The molecule has 0 aliphatic carbocycles. The standard InChI is InChI=1S/C9H8F13N/c1-23-3-2-4(10,11)5(12,13)6(14,15)7(16,17)8(18,19)9(20,21)22/h23H,2-3H2,1H3. The zero-order chi connectivity index (χ0) is 19.1. The zero-order valence-electron chi connectivity index (χ0n) is 10.8. The van der Waals surface area contributed by atoms with E-state index in [-0.39, 0.29) is 0 Å². The molecule has 0 heterocycles. The fraction of sp³-hybridized carbons (Fsp3) is 1.00. The lowest BCUT2D eigenvalue weighted by Crippen LogP contribution is -2.70. The van der Waals surface area contributed by atoms with E-state index >= 15 is 0 Å². The average molecular weight is 377 g/mol. The maximum absolute atomic E-state index is 13.0. The lowest BCUT2D eigenvalue weighted by atomic mass is 9.92. The molecule has 23 heavy (non-hydrogen) atoms. The van der Waals surface area contributed by atoms with Gasteiger partial charge in [-0.15, -0.1) is 0 Å². The average Bonchev–Trinajstić information content (AvgIpc) is 2.34. The van der Waals surface area contributed by atoms with Gasteiger partial charge in [0.2, 0.25) is 0 Å². The van der Waals surface area contributed by atoms with Crippen LogP contribution >= 0.6 is 0 Å². The second-order valence-corrected chi connectivity index (χ2v) is 4.35. The van der Waals surface area contributed by atoms with Gasteiger partial charge in [-0.3, -0.25) is 0 Å². The number of hydrogen-bond donors (Lipinski definition) is 1. The molecule has 0 aliphatic heterocycles. The summed E-state index contributed by atoms with van der Waals surface area (Å²) in [5.74, 6) is -36.4. The first-order valence-electron chi connectivity index (χ1n) is 5.41. The Morgan fingerprint density at radius 1 is 0.565 bits per heavy atom. The molecule has 0 spiro atoms. The molecule has 0 saturated carbocycles. The van der Waals surface area contributed by atoms with Crippen LogP contribution in [0.2, 0.25) is 0 Å². The second-order valence-electron chi connectivity index (χ2n) is 4.35. The Kier molecular flexibility index (Phi) is 5.60. The molecule has 140 valence electrons. The van der Waals surface area contributed by atoms with Crippen molar-refractivity contribution < 1.29 is 57.1 Å². The van der Waals surface area contributed by atoms with Gasteiger partial charge in [-0.05, 0) is 7.05 Å². The van der Waals surface area contributed by atoms with Crippen LogP contribution in [-0.4, -0.2) is 49.4 Å². The normalized spacial score (nSPS) is 15.9. The minimum absolute atomic E-state index is 0.874. The molecule has 0 aliphatic rings. The molecule has 0 unspecified atom stereocenters. The van der Waals surface area contributed by atoms with Crippen LogP contribution in [0, 0.1) is 0 Å². The quantitative estimate of drug-likeness (QED) is 0.652. The summed E-state index contributed by atoms with van der Waals surface area (Å²) in [6.45, 7) is -1.14. The molecule has 0 aromatic heterocycles. The first-order chi connectivity index (χ1) is 9.81. The van der Waals surface area contributed by atoms with Gasteiger partial charge in [0.05, 0.1) is 0 Å². The van der Waals surface area contributed by atoms with Gasteiger partial charge in [-0.25, -0.2) is 0 Å². The fourth-order valence-corrected chi connectivity index (χ4v) is 1.24. The third-order valence-electron chi connectivity index (χ3n) is 2.69. The summed E-state index contributed by atoms with van der Waals surface area (Å²) in [5.41, 5.74) is 0. The van der Waals surface area contributed by atoms with E-state index in [1.165, 1.54) is 0 Å². The maximum Gasteiger partial charge on any atom is 0.460 e. The van der Waals surface area contributed by atoms with Gasteiger partial charge in [-0.1, -0.05) is 0 Å². The maximum atomic E-state index is 13.0.